The molecule has 0 saturated carbocycles. The summed E-state index contributed by atoms with van der Waals surface area (Å²) in [5.74, 6) is 1.57. The molecule has 1 saturated heterocycles. The fourth-order valence-electron chi connectivity index (χ4n) is 1.82. The summed E-state index contributed by atoms with van der Waals surface area (Å²) in [6, 6.07) is 0. The highest BCUT2D eigenvalue weighted by atomic mass is 16.5. The third kappa shape index (κ3) is 7.10. The summed E-state index contributed by atoms with van der Waals surface area (Å²) in [7, 11) is 0. The number of rotatable bonds is 9. The monoisotopic (exact) mass is 285 g/mol. The molecule has 0 atom stereocenters. The van der Waals surface area contributed by atoms with Crippen molar-refractivity contribution < 1.29 is 9.47 Å². The molecule has 1 rings (SSSR count). The standard InChI is InChI=1S/C15H31N3O2/c1-5-16-14(18-10-15(4)11-20-12-15)17-7-9-19-8-6-13(2)3/h13H,5-12H2,1-4H3,(H2,16,17,18). The zero-order valence-corrected chi connectivity index (χ0v) is 13.5. The van der Waals surface area contributed by atoms with E-state index in [9.17, 15) is 0 Å². The molecule has 2 N–H and O–H groups in total. The third-order valence-electron chi connectivity index (χ3n) is 3.24. The highest BCUT2D eigenvalue weighted by Gasteiger charge is 2.33. The van der Waals surface area contributed by atoms with Gasteiger partial charge in [-0.3, -0.25) is 4.99 Å². The van der Waals surface area contributed by atoms with E-state index in [0.29, 0.717) is 5.92 Å². The second kappa shape index (κ2) is 9.19. The molecule has 5 nitrogen and oxygen atoms in total. The van der Waals surface area contributed by atoms with Crippen molar-refractivity contribution in [3.05, 3.63) is 0 Å². The van der Waals surface area contributed by atoms with Crippen LogP contribution in [0.2, 0.25) is 0 Å². The smallest absolute Gasteiger partial charge is 0.191 e. The molecule has 0 spiro atoms. The Kier molecular flexibility index (Phi) is 7.92. The summed E-state index contributed by atoms with van der Waals surface area (Å²) in [6.07, 6.45) is 1.12. The number of hydrogen-bond donors (Lipinski definition) is 2. The van der Waals surface area contributed by atoms with Crippen molar-refractivity contribution in [3.63, 3.8) is 0 Å². The van der Waals surface area contributed by atoms with Gasteiger partial charge in [-0.15, -0.1) is 0 Å². The Balaban J connectivity index is 2.16. The Bertz CT molecular complexity index is 289. The molecule has 1 aliphatic rings. The molecule has 0 aliphatic carbocycles. The highest BCUT2D eigenvalue weighted by molar-refractivity contribution is 5.79. The lowest BCUT2D eigenvalue weighted by molar-refractivity contribution is -0.0945. The minimum absolute atomic E-state index is 0.218. The largest absolute Gasteiger partial charge is 0.380 e. The summed E-state index contributed by atoms with van der Waals surface area (Å²) in [5.41, 5.74) is 0.218. The van der Waals surface area contributed by atoms with Gasteiger partial charge in [0.05, 0.1) is 26.4 Å². The van der Waals surface area contributed by atoms with Crippen LogP contribution in [0.4, 0.5) is 0 Å². The molecule has 0 amide bonds. The van der Waals surface area contributed by atoms with Gasteiger partial charge >= 0.3 is 0 Å². The first-order valence-electron chi connectivity index (χ1n) is 7.73. The lowest BCUT2D eigenvalue weighted by Gasteiger charge is -2.36. The van der Waals surface area contributed by atoms with Gasteiger partial charge in [-0.05, 0) is 19.3 Å². The summed E-state index contributed by atoms with van der Waals surface area (Å²) in [4.78, 5) is 4.61. The zero-order chi connectivity index (χ0) is 14.8. The molecule has 0 aromatic carbocycles. The van der Waals surface area contributed by atoms with E-state index >= 15 is 0 Å². The van der Waals surface area contributed by atoms with Crippen LogP contribution < -0.4 is 10.6 Å². The summed E-state index contributed by atoms with van der Waals surface area (Å²) < 4.78 is 10.8. The highest BCUT2D eigenvalue weighted by Crippen LogP contribution is 2.26. The Morgan fingerprint density at radius 1 is 1.30 bits per heavy atom. The van der Waals surface area contributed by atoms with Crippen LogP contribution in [-0.4, -0.2) is 52.0 Å². The van der Waals surface area contributed by atoms with Crippen LogP contribution in [0.15, 0.2) is 4.99 Å². The fourth-order valence-corrected chi connectivity index (χ4v) is 1.82. The maximum Gasteiger partial charge on any atom is 0.191 e. The van der Waals surface area contributed by atoms with Crippen LogP contribution in [0.1, 0.15) is 34.1 Å². The van der Waals surface area contributed by atoms with Crippen LogP contribution >= 0.6 is 0 Å². The first kappa shape index (κ1) is 17.2. The van der Waals surface area contributed by atoms with E-state index in [1.54, 1.807) is 0 Å². The number of hydrogen-bond acceptors (Lipinski definition) is 3. The Labute approximate surface area is 123 Å². The average molecular weight is 285 g/mol. The minimum Gasteiger partial charge on any atom is -0.380 e. The lowest BCUT2D eigenvalue weighted by atomic mass is 9.89. The van der Waals surface area contributed by atoms with Gasteiger partial charge in [0.1, 0.15) is 0 Å². The van der Waals surface area contributed by atoms with E-state index in [1.807, 2.05) is 0 Å². The molecule has 5 heteroatoms. The molecule has 0 radical (unpaired) electrons. The van der Waals surface area contributed by atoms with E-state index < -0.39 is 0 Å². The number of guanidine groups is 1. The van der Waals surface area contributed by atoms with Crippen molar-refractivity contribution >= 4 is 5.96 Å². The number of ether oxygens (including phenoxy) is 2. The van der Waals surface area contributed by atoms with Crippen molar-refractivity contribution in [1.82, 2.24) is 10.6 Å². The van der Waals surface area contributed by atoms with Gasteiger partial charge in [0.25, 0.3) is 0 Å². The van der Waals surface area contributed by atoms with Crippen molar-refractivity contribution in [2.24, 2.45) is 16.3 Å². The Morgan fingerprint density at radius 3 is 2.60 bits per heavy atom. The Morgan fingerprint density at radius 2 is 2.05 bits per heavy atom. The zero-order valence-electron chi connectivity index (χ0n) is 13.5. The van der Waals surface area contributed by atoms with Crippen molar-refractivity contribution in [2.45, 2.75) is 34.1 Å². The van der Waals surface area contributed by atoms with E-state index in [2.05, 4.69) is 43.3 Å². The minimum atomic E-state index is 0.218. The van der Waals surface area contributed by atoms with Gasteiger partial charge < -0.3 is 20.1 Å². The van der Waals surface area contributed by atoms with Gasteiger partial charge in [-0.2, -0.15) is 0 Å². The predicted octanol–water partition coefficient (Wildman–Crippen LogP) is 1.64. The van der Waals surface area contributed by atoms with E-state index in [0.717, 1.165) is 58.4 Å². The van der Waals surface area contributed by atoms with Crippen LogP contribution in [-0.2, 0) is 9.47 Å². The van der Waals surface area contributed by atoms with Gasteiger partial charge in [-0.25, -0.2) is 0 Å². The summed E-state index contributed by atoms with van der Waals surface area (Å²) >= 11 is 0. The lowest BCUT2D eigenvalue weighted by Crippen LogP contribution is -2.44. The van der Waals surface area contributed by atoms with Crippen LogP contribution in [0.5, 0.6) is 0 Å². The van der Waals surface area contributed by atoms with Gasteiger partial charge in [-0.1, -0.05) is 20.8 Å². The molecular formula is C15H31N3O2. The maximum absolute atomic E-state index is 5.59. The first-order valence-corrected chi connectivity index (χ1v) is 7.73. The molecule has 20 heavy (non-hydrogen) atoms. The summed E-state index contributed by atoms with van der Waals surface area (Å²) in [6.45, 7) is 14.3. The number of nitrogens with one attached hydrogen (secondary N) is 2. The molecule has 1 aliphatic heterocycles. The van der Waals surface area contributed by atoms with Gasteiger partial charge in [0, 0.05) is 25.1 Å². The second-order valence-corrected chi connectivity index (χ2v) is 6.22. The van der Waals surface area contributed by atoms with Crippen LogP contribution in [0.25, 0.3) is 0 Å². The van der Waals surface area contributed by atoms with Gasteiger partial charge in [0.15, 0.2) is 5.96 Å². The van der Waals surface area contributed by atoms with Crippen molar-refractivity contribution in [1.29, 1.82) is 0 Å². The van der Waals surface area contributed by atoms with E-state index in [-0.39, 0.29) is 5.41 Å². The molecule has 0 unspecified atom stereocenters. The van der Waals surface area contributed by atoms with E-state index in [4.69, 9.17) is 9.47 Å². The van der Waals surface area contributed by atoms with Gasteiger partial charge in [0.2, 0.25) is 0 Å². The predicted molar refractivity (Wildman–Crippen MR) is 83.2 cm³/mol. The normalized spacial score (nSPS) is 17.9. The van der Waals surface area contributed by atoms with Crippen molar-refractivity contribution in [2.75, 3.05) is 46.1 Å². The SMILES string of the molecule is CCNC(=NCC1(C)COC1)NCCOCCC(C)C. The average Bonchev–Trinajstić information content (AvgIpc) is 2.37. The fraction of sp³-hybridized carbons (Fsp3) is 0.933. The molecule has 1 heterocycles. The molecule has 0 aromatic heterocycles. The summed E-state index contributed by atoms with van der Waals surface area (Å²) in [5, 5.41) is 6.56. The molecule has 118 valence electrons. The number of nitrogens with zero attached hydrogens (tertiary/aromatic N) is 1. The van der Waals surface area contributed by atoms with Crippen LogP contribution in [0, 0.1) is 11.3 Å². The molecule has 1 fully saturated rings. The molecular weight excluding hydrogens is 254 g/mol. The Hall–Kier alpha value is -0.810. The molecule has 0 aromatic rings. The number of aliphatic imine (C=N–C) groups is 1. The van der Waals surface area contributed by atoms with Crippen LogP contribution in [0.3, 0.4) is 0 Å². The topological polar surface area (TPSA) is 54.9 Å². The maximum atomic E-state index is 5.59. The quantitative estimate of drug-likeness (QED) is 0.384. The van der Waals surface area contributed by atoms with Crippen molar-refractivity contribution in [3.8, 4) is 0 Å². The second-order valence-electron chi connectivity index (χ2n) is 6.22. The third-order valence-corrected chi connectivity index (χ3v) is 3.24. The van der Waals surface area contributed by atoms with E-state index in [1.165, 1.54) is 0 Å². The first-order chi connectivity index (χ1) is 9.56. The molecule has 0 bridgehead atoms.